The minimum absolute atomic E-state index is 0.335. The third-order valence-corrected chi connectivity index (χ3v) is 4.83. The first-order valence-electron chi connectivity index (χ1n) is 5.58. The normalized spacial score (nSPS) is 21.5. The predicted molar refractivity (Wildman–Crippen MR) is 66.0 cm³/mol. The number of urea groups is 1. The van der Waals surface area contributed by atoms with Crippen molar-refractivity contribution in [2.24, 2.45) is 0 Å². The molecule has 3 amide bonds. The van der Waals surface area contributed by atoms with Crippen molar-refractivity contribution >= 4 is 28.2 Å². The summed E-state index contributed by atoms with van der Waals surface area (Å²) in [5, 5.41) is -1.33. The fourth-order valence-electron chi connectivity index (χ4n) is 1.69. The van der Waals surface area contributed by atoms with Crippen LogP contribution in [0.1, 0.15) is 13.3 Å². The molecule has 0 aromatic carbocycles. The summed E-state index contributed by atoms with van der Waals surface area (Å²) >= 11 is 0. The van der Waals surface area contributed by atoms with Crippen LogP contribution in [0.2, 0.25) is 0 Å². The first-order valence-corrected chi connectivity index (χ1v) is 7.08. The Labute approximate surface area is 107 Å². The Morgan fingerprint density at radius 2 is 2.00 bits per heavy atom. The SMILES string of the molecule is CCCN(C)S(=O)(=O)C1C=[N+](C)C(=O)N(C)C1=O. The van der Waals surface area contributed by atoms with Gasteiger partial charge < -0.3 is 0 Å². The highest BCUT2D eigenvalue weighted by Gasteiger charge is 2.47. The van der Waals surface area contributed by atoms with Crippen molar-refractivity contribution in [1.82, 2.24) is 9.21 Å². The van der Waals surface area contributed by atoms with Crippen molar-refractivity contribution in [2.45, 2.75) is 18.6 Å². The summed E-state index contributed by atoms with van der Waals surface area (Å²) in [4.78, 5) is 24.2. The number of imide groups is 1. The molecule has 8 heteroatoms. The van der Waals surface area contributed by atoms with E-state index in [0.29, 0.717) is 13.0 Å². The zero-order valence-electron chi connectivity index (χ0n) is 11.0. The van der Waals surface area contributed by atoms with Crippen LogP contribution in [0, 0.1) is 0 Å². The van der Waals surface area contributed by atoms with E-state index in [0.717, 1.165) is 20.0 Å². The molecule has 1 unspecified atom stereocenters. The van der Waals surface area contributed by atoms with E-state index in [1.54, 1.807) is 0 Å². The number of carbonyl (C=O) groups is 2. The molecule has 0 aromatic rings. The molecule has 0 bridgehead atoms. The molecule has 0 fully saturated rings. The van der Waals surface area contributed by atoms with E-state index < -0.39 is 27.2 Å². The standard InChI is InChI=1S/C10H18N3O4S/c1-5-6-12(3)18(16,17)8-7-11(2)10(15)13(4)9(8)14/h7-8H,5-6H2,1-4H3/q+1. The smallest absolute Gasteiger partial charge is 0.245 e. The molecule has 7 nitrogen and oxygen atoms in total. The Kier molecular flexibility index (Phi) is 4.23. The van der Waals surface area contributed by atoms with Crippen LogP contribution >= 0.6 is 0 Å². The van der Waals surface area contributed by atoms with Crippen LogP contribution < -0.4 is 0 Å². The molecule has 1 aliphatic heterocycles. The molecule has 102 valence electrons. The zero-order valence-corrected chi connectivity index (χ0v) is 11.8. The maximum atomic E-state index is 12.2. The predicted octanol–water partition coefficient (Wildman–Crippen LogP) is -0.668. The van der Waals surface area contributed by atoms with Gasteiger partial charge in [0.25, 0.3) is 0 Å². The minimum atomic E-state index is -3.77. The van der Waals surface area contributed by atoms with E-state index in [1.807, 2.05) is 6.92 Å². The molecular weight excluding hydrogens is 258 g/mol. The number of sulfonamides is 1. The Morgan fingerprint density at radius 3 is 2.50 bits per heavy atom. The van der Waals surface area contributed by atoms with Crippen LogP contribution in [0.25, 0.3) is 0 Å². The molecule has 1 rings (SSSR count). The van der Waals surface area contributed by atoms with Crippen molar-refractivity contribution < 1.29 is 22.6 Å². The maximum Gasteiger partial charge on any atom is 0.500 e. The van der Waals surface area contributed by atoms with E-state index in [2.05, 4.69) is 0 Å². The molecule has 1 heterocycles. The van der Waals surface area contributed by atoms with Crippen LogP contribution in [0.5, 0.6) is 0 Å². The quantitative estimate of drug-likeness (QED) is 0.638. The summed E-state index contributed by atoms with van der Waals surface area (Å²) in [7, 11) is 0.356. The molecule has 1 atom stereocenters. The van der Waals surface area contributed by atoms with Crippen LogP contribution in [0.15, 0.2) is 0 Å². The molecule has 18 heavy (non-hydrogen) atoms. The van der Waals surface area contributed by atoms with Gasteiger partial charge in [0.1, 0.15) is 6.21 Å². The second kappa shape index (κ2) is 5.15. The van der Waals surface area contributed by atoms with E-state index in [4.69, 9.17) is 0 Å². The topological polar surface area (TPSA) is 77.8 Å². The van der Waals surface area contributed by atoms with Gasteiger partial charge in [-0.1, -0.05) is 6.92 Å². The Balaban J connectivity index is 3.17. The number of amides is 3. The van der Waals surface area contributed by atoms with Crippen molar-refractivity contribution in [3.8, 4) is 0 Å². The largest absolute Gasteiger partial charge is 0.500 e. The highest BCUT2D eigenvalue weighted by molar-refractivity contribution is 7.91. The Bertz CT molecular complexity index is 497. The van der Waals surface area contributed by atoms with Gasteiger partial charge >= 0.3 is 11.9 Å². The van der Waals surface area contributed by atoms with Gasteiger partial charge in [-0.25, -0.2) is 22.1 Å². The van der Waals surface area contributed by atoms with Crippen molar-refractivity contribution in [3.63, 3.8) is 0 Å². The zero-order chi connectivity index (χ0) is 14.1. The summed E-state index contributed by atoms with van der Waals surface area (Å²) < 4.78 is 26.6. The Morgan fingerprint density at radius 1 is 1.44 bits per heavy atom. The second-order valence-electron chi connectivity index (χ2n) is 4.23. The fourth-order valence-corrected chi connectivity index (χ4v) is 3.27. The fraction of sp³-hybridized carbons (Fsp3) is 0.700. The number of hydrogen-bond donors (Lipinski definition) is 0. The molecule has 0 radical (unpaired) electrons. The van der Waals surface area contributed by atoms with E-state index in [1.165, 1.54) is 21.1 Å². The molecule has 0 aromatic heterocycles. The summed E-state index contributed by atoms with van der Waals surface area (Å²) in [5.74, 6) is -0.721. The van der Waals surface area contributed by atoms with Gasteiger partial charge in [0.2, 0.25) is 15.3 Å². The average molecular weight is 276 g/mol. The monoisotopic (exact) mass is 276 g/mol. The highest BCUT2D eigenvalue weighted by atomic mass is 32.2. The second-order valence-corrected chi connectivity index (χ2v) is 6.39. The number of hydrogen-bond acceptors (Lipinski definition) is 4. The van der Waals surface area contributed by atoms with Crippen LogP contribution in [-0.2, 0) is 14.8 Å². The summed E-state index contributed by atoms with van der Waals surface area (Å²) in [6, 6.07) is -0.537. The lowest BCUT2D eigenvalue weighted by atomic mass is 10.3. The number of rotatable bonds is 4. The number of nitrogens with zero attached hydrogens (tertiary/aromatic N) is 3. The van der Waals surface area contributed by atoms with Crippen LogP contribution in [0.4, 0.5) is 4.79 Å². The van der Waals surface area contributed by atoms with Gasteiger partial charge in [-0.05, 0) is 6.42 Å². The summed E-state index contributed by atoms with van der Waals surface area (Å²) in [6.07, 6.45) is 1.80. The van der Waals surface area contributed by atoms with Crippen molar-refractivity contribution in [1.29, 1.82) is 0 Å². The first kappa shape index (κ1) is 14.8. The van der Waals surface area contributed by atoms with Gasteiger partial charge in [0, 0.05) is 13.6 Å². The summed E-state index contributed by atoms with van der Waals surface area (Å²) in [5.41, 5.74) is 0. The molecule has 0 aliphatic carbocycles. The van der Waals surface area contributed by atoms with E-state index >= 15 is 0 Å². The molecule has 0 saturated carbocycles. The molecule has 0 saturated heterocycles. The van der Waals surface area contributed by atoms with Gasteiger partial charge in [0.15, 0.2) is 0 Å². The molecule has 1 aliphatic rings. The average Bonchev–Trinajstić information content (AvgIpc) is 2.31. The minimum Gasteiger partial charge on any atom is -0.245 e. The number of carbonyl (C=O) groups excluding carboxylic acids is 2. The molecule has 0 N–H and O–H groups in total. The first-order chi connectivity index (χ1) is 8.23. The highest BCUT2D eigenvalue weighted by Crippen LogP contribution is 2.12. The maximum absolute atomic E-state index is 12.2. The molecular formula is C10H18N3O4S+. The van der Waals surface area contributed by atoms with Crippen LogP contribution in [-0.4, -0.2) is 73.3 Å². The molecule has 0 spiro atoms. The third-order valence-electron chi connectivity index (χ3n) is 2.82. The lowest BCUT2D eigenvalue weighted by molar-refractivity contribution is -0.399. The summed E-state index contributed by atoms with van der Waals surface area (Å²) in [6.45, 7) is 2.18. The van der Waals surface area contributed by atoms with Crippen molar-refractivity contribution in [3.05, 3.63) is 0 Å². The van der Waals surface area contributed by atoms with Crippen molar-refractivity contribution in [2.75, 3.05) is 27.7 Å². The lowest BCUT2D eigenvalue weighted by Crippen LogP contribution is -2.55. The van der Waals surface area contributed by atoms with Gasteiger partial charge in [0.05, 0.1) is 14.1 Å². The van der Waals surface area contributed by atoms with Crippen LogP contribution in [0.3, 0.4) is 0 Å². The van der Waals surface area contributed by atoms with Gasteiger partial charge in [-0.2, -0.15) is 9.69 Å². The van der Waals surface area contributed by atoms with Gasteiger partial charge in [-0.15, -0.1) is 0 Å². The lowest BCUT2D eigenvalue weighted by Gasteiger charge is -2.23. The van der Waals surface area contributed by atoms with Gasteiger partial charge in [-0.3, -0.25) is 0 Å². The Hall–Kier alpha value is -1.28. The van der Waals surface area contributed by atoms with E-state index in [-0.39, 0.29) is 0 Å². The van der Waals surface area contributed by atoms with E-state index in [9.17, 15) is 18.0 Å². The third kappa shape index (κ3) is 2.44.